The van der Waals surface area contributed by atoms with Crippen molar-refractivity contribution in [2.45, 2.75) is 160 Å². The van der Waals surface area contributed by atoms with E-state index in [9.17, 15) is 4.39 Å². The molecule has 5 aromatic carbocycles. The lowest BCUT2D eigenvalue weighted by molar-refractivity contribution is -0.0101. The van der Waals surface area contributed by atoms with Crippen LogP contribution in [0.3, 0.4) is 0 Å². The third-order valence-corrected chi connectivity index (χ3v) is 17.5. The number of halogens is 2. The maximum Gasteiger partial charge on any atom is 0.123 e. The highest BCUT2D eigenvalue weighted by atomic mass is 35.5. The highest BCUT2D eigenvalue weighted by Crippen LogP contribution is 2.38. The summed E-state index contributed by atoms with van der Waals surface area (Å²) in [6.45, 7) is 48.9. The zero-order valence-electron chi connectivity index (χ0n) is 55.5. The standard InChI is InChI=1S/C17H27FN2.C16H24ClNO.C16H26N2.C13H21N.C12H19N/c1-17(2,3)16(20-11-9-19(4)10-12-20)13-14-5-7-15(18)8-6-14;1-16(2,3)15(18-8-10-19-11-9-18)12-13-4-6-14(17)7-5-13;1-16(2,3)15(18-11-9-17-10-12-18)13-14-7-5-4-6-8-14;1-13(2,3)12(9-10-14)11-7-5-4-6-8-11;1-12(2,3)11(9-13)10-7-5-4-6-8-10/h5-8,16H,9-13H2,1-4H3;4-7,15H,8-12H2,1-3H3;4-8,15,17H,9-13H2,1-3H3;4-8,12H,9-10,14H2,1-3H3;4-8,11H,9,13H2,1-3H3. The van der Waals surface area contributed by atoms with Gasteiger partial charge in [-0.1, -0.05) is 231 Å². The Morgan fingerprint density at radius 1 is 0.452 bits per heavy atom. The van der Waals surface area contributed by atoms with Gasteiger partial charge in [0.25, 0.3) is 0 Å². The molecule has 8 rings (SSSR count). The van der Waals surface area contributed by atoms with Gasteiger partial charge in [-0.05, 0) is 131 Å². The van der Waals surface area contributed by atoms with Gasteiger partial charge in [0, 0.05) is 94.5 Å². The molecular formula is C74H117ClFN7O. The fourth-order valence-corrected chi connectivity index (χ4v) is 12.2. The summed E-state index contributed by atoms with van der Waals surface area (Å²) in [6.07, 6.45) is 4.28. The summed E-state index contributed by atoms with van der Waals surface area (Å²) in [6, 6.07) is 48.9. The van der Waals surface area contributed by atoms with Gasteiger partial charge >= 0.3 is 0 Å². The zero-order valence-corrected chi connectivity index (χ0v) is 56.3. The number of morpholine rings is 1. The molecule has 5 atom stereocenters. The lowest BCUT2D eigenvalue weighted by Gasteiger charge is -2.44. The molecule has 0 amide bonds. The maximum absolute atomic E-state index is 13.0. The summed E-state index contributed by atoms with van der Waals surface area (Å²) in [7, 11) is 2.18. The molecule has 0 bridgehead atoms. The van der Waals surface area contributed by atoms with Crippen LogP contribution >= 0.6 is 11.6 Å². The first-order valence-corrected chi connectivity index (χ1v) is 32.1. The van der Waals surface area contributed by atoms with E-state index in [1.54, 1.807) is 12.1 Å². The van der Waals surface area contributed by atoms with E-state index in [1.807, 2.05) is 30.3 Å². The van der Waals surface area contributed by atoms with Gasteiger partial charge in [-0.2, -0.15) is 0 Å². The molecule has 0 spiro atoms. The van der Waals surface area contributed by atoms with Crippen molar-refractivity contribution in [1.29, 1.82) is 0 Å². The van der Waals surface area contributed by atoms with E-state index in [-0.39, 0.29) is 22.1 Å². The minimum Gasteiger partial charge on any atom is -0.379 e. The van der Waals surface area contributed by atoms with E-state index in [0.717, 1.165) is 103 Å². The minimum absolute atomic E-state index is 0.152. The van der Waals surface area contributed by atoms with E-state index in [0.29, 0.717) is 47.3 Å². The van der Waals surface area contributed by atoms with Crippen molar-refractivity contribution in [2.75, 3.05) is 98.8 Å². The molecule has 468 valence electrons. The van der Waals surface area contributed by atoms with Gasteiger partial charge in [0.05, 0.1) is 13.2 Å². The SMILES string of the molecule is CC(C)(C)C(CCN)c1ccccc1.CC(C)(C)C(CN)c1ccccc1.CC(C)(C)C(Cc1ccc(Cl)cc1)N1CCOCC1.CC(C)(C)C(Cc1ccccc1)N1CCNCC1.CN1CCN(C(Cc2ccc(F)cc2)C(C)(C)C)CC1. The number of nitrogens with two attached hydrogens (primary N) is 2. The first-order valence-electron chi connectivity index (χ1n) is 31.7. The van der Waals surface area contributed by atoms with Gasteiger partial charge in [-0.25, -0.2) is 4.39 Å². The lowest BCUT2D eigenvalue weighted by atomic mass is 9.75. The van der Waals surface area contributed by atoms with Gasteiger partial charge in [0.1, 0.15) is 5.82 Å². The van der Waals surface area contributed by atoms with Gasteiger partial charge in [0.2, 0.25) is 0 Å². The van der Waals surface area contributed by atoms with E-state index < -0.39 is 0 Å². The van der Waals surface area contributed by atoms with Gasteiger partial charge in [-0.15, -0.1) is 0 Å². The number of likely N-dealkylation sites (N-methyl/N-ethyl adjacent to an activating group) is 1. The molecule has 0 saturated carbocycles. The van der Waals surface area contributed by atoms with Crippen LogP contribution in [-0.2, 0) is 24.0 Å². The van der Waals surface area contributed by atoms with Crippen molar-refractivity contribution >= 4 is 11.6 Å². The second-order valence-electron chi connectivity index (χ2n) is 29.2. The molecule has 3 fully saturated rings. The molecule has 0 radical (unpaired) electrons. The fraction of sp³-hybridized carbons (Fsp3) is 0.595. The molecule has 8 nitrogen and oxygen atoms in total. The molecular weight excluding hydrogens is 1060 g/mol. The van der Waals surface area contributed by atoms with E-state index >= 15 is 0 Å². The van der Waals surface area contributed by atoms with E-state index in [2.05, 4.69) is 233 Å². The Morgan fingerprint density at radius 3 is 1.19 bits per heavy atom. The van der Waals surface area contributed by atoms with Crippen LogP contribution < -0.4 is 16.8 Å². The third kappa shape index (κ3) is 26.1. The molecule has 3 aliphatic heterocycles. The molecule has 5 unspecified atom stereocenters. The lowest BCUT2D eigenvalue weighted by Crippen LogP contribution is -2.53. The molecule has 84 heavy (non-hydrogen) atoms. The van der Waals surface area contributed by atoms with Crippen molar-refractivity contribution in [3.05, 3.63) is 178 Å². The molecule has 0 aliphatic carbocycles. The Kier molecular flexibility index (Phi) is 30.3. The molecule has 5 N–H and O–H groups in total. The summed E-state index contributed by atoms with van der Waals surface area (Å²) in [5, 5.41) is 4.25. The van der Waals surface area contributed by atoms with Crippen molar-refractivity contribution in [3.8, 4) is 0 Å². The fourth-order valence-electron chi connectivity index (χ4n) is 12.1. The molecule has 0 aromatic heterocycles. The number of nitrogens with one attached hydrogen (secondary N) is 1. The summed E-state index contributed by atoms with van der Waals surface area (Å²) in [5.41, 5.74) is 19.6. The maximum atomic E-state index is 13.0. The highest BCUT2D eigenvalue weighted by molar-refractivity contribution is 6.30. The van der Waals surface area contributed by atoms with Crippen LogP contribution in [-0.4, -0.2) is 137 Å². The Balaban J connectivity index is 0.000000227. The smallest absolute Gasteiger partial charge is 0.123 e. The number of hydrogen-bond acceptors (Lipinski definition) is 8. The van der Waals surface area contributed by atoms with Crippen molar-refractivity contribution in [2.24, 2.45) is 38.5 Å². The van der Waals surface area contributed by atoms with Crippen LogP contribution in [0.25, 0.3) is 0 Å². The summed E-state index contributed by atoms with van der Waals surface area (Å²) >= 11 is 5.96. The Morgan fingerprint density at radius 2 is 0.810 bits per heavy atom. The quantitative estimate of drug-likeness (QED) is 0.101. The number of ether oxygens (including phenoxy) is 1. The molecule has 5 aromatic rings. The Labute approximate surface area is 518 Å². The van der Waals surface area contributed by atoms with Gasteiger partial charge in [-0.3, -0.25) is 14.7 Å². The molecule has 10 heteroatoms. The average molecular weight is 1180 g/mol. The predicted molar refractivity (Wildman–Crippen MR) is 361 cm³/mol. The summed E-state index contributed by atoms with van der Waals surface area (Å²) in [4.78, 5) is 10.2. The van der Waals surface area contributed by atoms with E-state index in [4.69, 9.17) is 27.8 Å². The second-order valence-corrected chi connectivity index (χ2v) is 29.7. The van der Waals surface area contributed by atoms with E-state index in [1.165, 1.54) is 40.9 Å². The molecule has 3 heterocycles. The van der Waals surface area contributed by atoms with Crippen LogP contribution in [0, 0.1) is 32.9 Å². The first-order chi connectivity index (χ1) is 39.5. The predicted octanol–water partition coefficient (Wildman–Crippen LogP) is 15.1. The van der Waals surface area contributed by atoms with Gasteiger partial charge < -0.3 is 26.4 Å². The highest BCUT2D eigenvalue weighted by Gasteiger charge is 2.34. The zero-order chi connectivity index (χ0) is 62.1. The largest absolute Gasteiger partial charge is 0.379 e. The Bertz CT molecular complexity index is 2480. The van der Waals surface area contributed by atoms with Crippen LogP contribution in [0.15, 0.2) is 140 Å². The average Bonchev–Trinajstić information content (AvgIpc) is 3.63. The van der Waals surface area contributed by atoms with Crippen LogP contribution in [0.1, 0.15) is 150 Å². The van der Waals surface area contributed by atoms with Crippen LogP contribution in [0.4, 0.5) is 4.39 Å². The monoisotopic (exact) mass is 1170 g/mol. The van der Waals surface area contributed by atoms with Crippen molar-refractivity contribution < 1.29 is 9.13 Å². The number of benzene rings is 5. The summed E-state index contributed by atoms with van der Waals surface area (Å²) < 4.78 is 18.5. The van der Waals surface area contributed by atoms with Crippen molar-refractivity contribution in [1.82, 2.24) is 24.9 Å². The second kappa shape index (κ2) is 35.1. The number of nitrogens with zero attached hydrogens (tertiary/aromatic N) is 4. The normalized spacial score (nSPS) is 17.9. The van der Waals surface area contributed by atoms with Gasteiger partial charge in [0.15, 0.2) is 0 Å². The summed E-state index contributed by atoms with van der Waals surface area (Å²) in [5.74, 6) is 0.864. The van der Waals surface area contributed by atoms with Crippen molar-refractivity contribution in [3.63, 3.8) is 0 Å². The Hall–Kier alpha value is -4.00. The number of piperazine rings is 2. The third-order valence-electron chi connectivity index (χ3n) is 17.2. The minimum atomic E-state index is -0.152. The number of hydrogen-bond donors (Lipinski definition) is 3. The first kappa shape index (κ1) is 72.5. The molecule has 3 aliphatic rings. The van der Waals surface area contributed by atoms with Crippen LogP contribution in [0.5, 0.6) is 0 Å². The number of rotatable bonds is 14. The molecule has 3 saturated heterocycles. The topological polar surface area (TPSA) is 86.3 Å². The van der Waals surface area contributed by atoms with Crippen LogP contribution in [0.2, 0.25) is 5.02 Å².